The number of hydrogen-bond donors (Lipinski definition) is 3. The van der Waals surface area contributed by atoms with Gasteiger partial charge >= 0.3 is 12.2 Å². The number of rotatable bonds is 7. The van der Waals surface area contributed by atoms with Crippen molar-refractivity contribution < 1.29 is 41.9 Å². The molecule has 49 heavy (non-hydrogen) atoms. The Balaban J connectivity index is 1.25. The molecule has 2 aliphatic carbocycles. The summed E-state index contributed by atoms with van der Waals surface area (Å²) in [5.74, 6) is -3.07. The normalized spacial score (nSPS) is 29.2. The number of sulfonamides is 1. The molecule has 15 heteroatoms. The standard InChI is InChI=1S/C34H45N5O9S/c1-4-23-16-34(23,31(42)37-49(45,46)25-12-13-25)36-29(40)27-15-24-18-39(27)30(41)28(20(2)3)35-32(43)47-14-7-5-6-9-21-10-8-11-22-17-38(19-26(21)22)33(44)48-24/h4,8,10-11,20,23-25,27-28H,1,5-7,9,12-19H2,2-3H3,(H,35,43)(H,36,40)(H,37,42)/t23-,24-,27+,28+,34+/m1/s1. The summed E-state index contributed by atoms with van der Waals surface area (Å²) < 4.78 is 38.6. The lowest BCUT2D eigenvalue weighted by molar-refractivity contribution is -0.141. The van der Waals surface area contributed by atoms with Crippen molar-refractivity contribution in [1.29, 1.82) is 0 Å². The van der Waals surface area contributed by atoms with Crippen LogP contribution in [-0.2, 0) is 53.4 Å². The number of nitrogens with one attached hydrogen (secondary N) is 3. The molecule has 0 aromatic heterocycles. The molecule has 2 saturated carbocycles. The third-order valence-electron chi connectivity index (χ3n) is 10.2. The van der Waals surface area contributed by atoms with E-state index in [-0.39, 0.29) is 26.0 Å². The van der Waals surface area contributed by atoms with Crippen LogP contribution in [0, 0.1) is 11.8 Å². The molecule has 14 nitrogen and oxygen atoms in total. The van der Waals surface area contributed by atoms with Crippen molar-refractivity contribution in [3.05, 3.63) is 47.5 Å². The van der Waals surface area contributed by atoms with Crippen LogP contribution in [-0.4, -0.2) is 90.3 Å². The summed E-state index contributed by atoms with van der Waals surface area (Å²) in [6.45, 7) is 8.04. The van der Waals surface area contributed by atoms with Crippen LogP contribution in [0.25, 0.3) is 0 Å². The van der Waals surface area contributed by atoms with E-state index in [2.05, 4.69) is 28.0 Å². The highest BCUT2D eigenvalue weighted by atomic mass is 32.2. The molecule has 6 rings (SSSR count). The highest BCUT2D eigenvalue weighted by Gasteiger charge is 2.62. The van der Waals surface area contributed by atoms with Crippen molar-refractivity contribution in [2.45, 2.75) is 107 Å². The number of alkyl carbamates (subject to hydrolysis) is 1. The van der Waals surface area contributed by atoms with Crippen LogP contribution in [0.4, 0.5) is 9.59 Å². The second-order valence-electron chi connectivity index (χ2n) is 14.2. The van der Waals surface area contributed by atoms with Gasteiger partial charge in [-0.1, -0.05) is 38.1 Å². The lowest BCUT2D eigenvalue weighted by atomic mass is 9.99. The Morgan fingerprint density at radius 3 is 2.55 bits per heavy atom. The summed E-state index contributed by atoms with van der Waals surface area (Å²) in [7, 11) is -3.89. The molecule has 1 aromatic carbocycles. The lowest BCUT2D eigenvalue weighted by Crippen LogP contribution is -2.59. The molecule has 4 bridgehead atoms. The molecule has 266 valence electrons. The van der Waals surface area contributed by atoms with Crippen LogP contribution in [0.3, 0.4) is 0 Å². The predicted molar refractivity (Wildman–Crippen MR) is 176 cm³/mol. The Morgan fingerprint density at radius 1 is 1.10 bits per heavy atom. The number of hydrogen-bond acceptors (Lipinski definition) is 9. The molecule has 1 saturated heterocycles. The van der Waals surface area contributed by atoms with E-state index in [9.17, 15) is 32.4 Å². The molecule has 0 spiro atoms. The van der Waals surface area contributed by atoms with Gasteiger partial charge in [-0.25, -0.2) is 18.0 Å². The Morgan fingerprint density at radius 2 is 1.86 bits per heavy atom. The fourth-order valence-electron chi connectivity index (χ4n) is 7.09. The third-order valence-corrected chi connectivity index (χ3v) is 12.1. The maximum absolute atomic E-state index is 14.1. The number of benzene rings is 1. The third kappa shape index (κ3) is 7.26. The van der Waals surface area contributed by atoms with Gasteiger partial charge in [0.25, 0.3) is 5.91 Å². The summed E-state index contributed by atoms with van der Waals surface area (Å²) >= 11 is 0. The number of nitrogens with zero attached hydrogens (tertiary/aromatic N) is 2. The Labute approximate surface area is 286 Å². The van der Waals surface area contributed by atoms with Gasteiger partial charge in [0.15, 0.2) is 0 Å². The smallest absolute Gasteiger partial charge is 0.410 e. The minimum atomic E-state index is -3.89. The van der Waals surface area contributed by atoms with E-state index < -0.39 is 80.7 Å². The molecule has 3 heterocycles. The zero-order valence-corrected chi connectivity index (χ0v) is 28.8. The van der Waals surface area contributed by atoms with Gasteiger partial charge in [-0.15, -0.1) is 6.58 Å². The topological polar surface area (TPSA) is 181 Å². The first-order valence-electron chi connectivity index (χ1n) is 17.1. The van der Waals surface area contributed by atoms with Gasteiger partial charge in [-0.2, -0.15) is 0 Å². The van der Waals surface area contributed by atoms with Crippen molar-refractivity contribution in [2.24, 2.45) is 11.8 Å². The van der Waals surface area contributed by atoms with Crippen molar-refractivity contribution >= 4 is 39.9 Å². The maximum Gasteiger partial charge on any atom is 0.410 e. The monoisotopic (exact) mass is 699 g/mol. The average Bonchev–Trinajstić information content (AvgIpc) is 3.95. The molecular weight excluding hydrogens is 654 g/mol. The Bertz CT molecular complexity index is 1640. The van der Waals surface area contributed by atoms with Gasteiger partial charge in [0.05, 0.1) is 18.4 Å². The predicted octanol–water partition coefficient (Wildman–Crippen LogP) is 2.25. The number of ether oxygens (including phenoxy) is 2. The number of fused-ring (bicyclic) bond motifs is 3. The van der Waals surface area contributed by atoms with E-state index >= 15 is 0 Å². The van der Waals surface area contributed by atoms with Gasteiger partial charge in [0, 0.05) is 25.4 Å². The van der Waals surface area contributed by atoms with Crippen molar-refractivity contribution in [3.8, 4) is 0 Å². The maximum atomic E-state index is 14.1. The van der Waals surface area contributed by atoms with Gasteiger partial charge in [0.2, 0.25) is 21.8 Å². The van der Waals surface area contributed by atoms with Crippen LogP contribution >= 0.6 is 0 Å². The van der Waals surface area contributed by atoms with Crippen molar-refractivity contribution in [1.82, 2.24) is 25.2 Å². The van der Waals surface area contributed by atoms with E-state index in [0.29, 0.717) is 32.4 Å². The summed E-state index contributed by atoms with van der Waals surface area (Å²) in [6, 6.07) is 3.77. The molecule has 5 aliphatic rings. The summed E-state index contributed by atoms with van der Waals surface area (Å²) in [5.41, 5.74) is 1.71. The Hall–Kier alpha value is -4.14. The molecular formula is C34H45N5O9S. The second-order valence-corrected chi connectivity index (χ2v) is 16.1. The fraction of sp³-hybridized carbons (Fsp3) is 0.618. The molecule has 5 amide bonds. The largest absolute Gasteiger partial charge is 0.450 e. The fourth-order valence-corrected chi connectivity index (χ4v) is 8.45. The van der Waals surface area contributed by atoms with Crippen LogP contribution in [0.5, 0.6) is 0 Å². The van der Waals surface area contributed by atoms with Gasteiger partial charge in [-0.3, -0.25) is 24.0 Å². The highest BCUT2D eigenvalue weighted by Crippen LogP contribution is 2.45. The summed E-state index contributed by atoms with van der Waals surface area (Å²) in [4.78, 5) is 70.7. The van der Waals surface area contributed by atoms with Crippen LogP contribution in [0.2, 0.25) is 0 Å². The molecule has 1 aromatic rings. The van der Waals surface area contributed by atoms with Gasteiger partial charge in [-0.05, 0) is 67.6 Å². The van der Waals surface area contributed by atoms with E-state index in [1.165, 1.54) is 11.0 Å². The van der Waals surface area contributed by atoms with Gasteiger partial charge < -0.3 is 25.0 Å². The minimum Gasteiger partial charge on any atom is -0.450 e. The van der Waals surface area contributed by atoms with Crippen LogP contribution < -0.4 is 15.4 Å². The van der Waals surface area contributed by atoms with Crippen molar-refractivity contribution in [2.75, 3.05) is 13.2 Å². The molecule has 3 aliphatic heterocycles. The molecule has 3 fully saturated rings. The first-order chi connectivity index (χ1) is 23.3. The number of carbonyl (C=O) groups is 5. The Kier molecular flexibility index (Phi) is 9.66. The lowest BCUT2D eigenvalue weighted by Gasteiger charge is -2.31. The van der Waals surface area contributed by atoms with E-state index in [1.807, 2.05) is 12.1 Å². The average molecular weight is 700 g/mol. The summed E-state index contributed by atoms with van der Waals surface area (Å²) in [5, 5.41) is 4.74. The number of cyclic esters (lactones) is 1. The zero-order chi connectivity index (χ0) is 35.1. The number of aryl methyl sites for hydroxylation is 1. The van der Waals surface area contributed by atoms with E-state index in [4.69, 9.17) is 9.47 Å². The van der Waals surface area contributed by atoms with Crippen LogP contribution in [0.1, 0.15) is 75.5 Å². The number of amides is 5. The highest BCUT2D eigenvalue weighted by molar-refractivity contribution is 7.91. The quantitative estimate of drug-likeness (QED) is 0.360. The molecule has 0 unspecified atom stereocenters. The molecule has 3 N–H and O–H groups in total. The van der Waals surface area contributed by atoms with E-state index in [0.717, 1.165) is 36.0 Å². The molecule has 5 atom stereocenters. The van der Waals surface area contributed by atoms with Crippen LogP contribution in [0.15, 0.2) is 30.9 Å². The SMILES string of the molecule is C=C[C@@H]1C[C@@]1(NC(=O)[C@@H]1C[C@@H]2CN1C(=O)[C@H](C(C)C)NC(=O)OCCCCCc1cccc3c1CN(C3)C(=O)O2)C(=O)NS(=O)(=O)C1CC1. The summed E-state index contributed by atoms with van der Waals surface area (Å²) in [6.07, 6.45) is 3.41. The minimum absolute atomic E-state index is 0.0680. The first-order valence-corrected chi connectivity index (χ1v) is 18.7. The van der Waals surface area contributed by atoms with Gasteiger partial charge in [0.1, 0.15) is 23.7 Å². The number of carbonyl (C=O) groups excluding carboxylic acids is 5. The molecule has 0 radical (unpaired) electrons. The van der Waals surface area contributed by atoms with E-state index in [1.54, 1.807) is 18.7 Å². The zero-order valence-electron chi connectivity index (χ0n) is 27.9. The van der Waals surface area contributed by atoms with Crippen molar-refractivity contribution in [3.63, 3.8) is 0 Å². The first kappa shape index (κ1) is 34.7. The second kappa shape index (κ2) is 13.6.